The Morgan fingerprint density at radius 1 is 1.64 bits per heavy atom. The van der Waals surface area contributed by atoms with Crippen LogP contribution < -0.4 is 0 Å². The van der Waals surface area contributed by atoms with Gasteiger partial charge in [-0.05, 0) is 47.1 Å². The number of H-pyrrole nitrogens is 1. The van der Waals surface area contributed by atoms with Crippen LogP contribution in [0.25, 0.3) is 0 Å². The standard InChI is InChI=1S/C8H10INO/c1-3-6-5(2)7(4-11)10-8(6)9/h4,10H,3H2,1-2H3. The minimum atomic E-state index is 0.714. The normalized spacial score (nSPS) is 10.1. The van der Waals surface area contributed by atoms with Gasteiger partial charge in [0.05, 0.1) is 9.39 Å². The fraction of sp³-hybridized carbons (Fsp3) is 0.375. The number of hydrogen-bond donors (Lipinski definition) is 1. The molecule has 1 heterocycles. The molecule has 2 nitrogen and oxygen atoms in total. The number of aromatic nitrogens is 1. The highest BCUT2D eigenvalue weighted by Crippen LogP contribution is 2.18. The molecule has 1 rings (SSSR count). The summed E-state index contributed by atoms with van der Waals surface area (Å²) in [6, 6.07) is 0. The minimum Gasteiger partial charge on any atom is -0.347 e. The number of hydrogen-bond acceptors (Lipinski definition) is 1. The Labute approximate surface area is 79.5 Å². The maximum Gasteiger partial charge on any atom is 0.166 e. The molecule has 60 valence electrons. The molecular weight excluding hydrogens is 253 g/mol. The van der Waals surface area contributed by atoms with E-state index in [-0.39, 0.29) is 0 Å². The summed E-state index contributed by atoms with van der Waals surface area (Å²) in [5.41, 5.74) is 3.06. The fourth-order valence-corrected chi connectivity index (χ4v) is 2.23. The molecule has 0 bridgehead atoms. The highest BCUT2D eigenvalue weighted by atomic mass is 127. The van der Waals surface area contributed by atoms with Crippen molar-refractivity contribution in [3.05, 3.63) is 20.5 Å². The summed E-state index contributed by atoms with van der Waals surface area (Å²) >= 11 is 2.22. The molecule has 0 atom stereocenters. The lowest BCUT2D eigenvalue weighted by molar-refractivity contribution is 0.111. The lowest BCUT2D eigenvalue weighted by atomic mass is 10.1. The lowest BCUT2D eigenvalue weighted by Gasteiger charge is -1.93. The topological polar surface area (TPSA) is 32.9 Å². The smallest absolute Gasteiger partial charge is 0.166 e. The molecule has 0 aliphatic heterocycles. The van der Waals surface area contributed by atoms with E-state index in [2.05, 4.69) is 34.5 Å². The number of nitrogens with one attached hydrogen (secondary N) is 1. The van der Waals surface area contributed by atoms with Crippen molar-refractivity contribution in [2.75, 3.05) is 0 Å². The van der Waals surface area contributed by atoms with Gasteiger partial charge in [-0.1, -0.05) is 6.92 Å². The second kappa shape index (κ2) is 3.38. The van der Waals surface area contributed by atoms with Crippen molar-refractivity contribution in [1.29, 1.82) is 0 Å². The van der Waals surface area contributed by atoms with Crippen LogP contribution >= 0.6 is 22.6 Å². The van der Waals surface area contributed by atoms with Gasteiger partial charge in [0.25, 0.3) is 0 Å². The zero-order valence-electron chi connectivity index (χ0n) is 6.57. The van der Waals surface area contributed by atoms with Gasteiger partial charge in [-0.15, -0.1) is 0 Å². The van der Waals surface area contributed by atoms with E-state index in [9.17, 15) is 4.79 Å². The van der Waals surface area contributed by atoms with Gasteiger partial charge < -0.3 is 4.98 Å². The molecule has 0 radical (unpaired) electrons. The lowest BCUT2D eigenvalue weighted by Crippen LogP contribution is -1.84. The average molecular weight is 263 g/mol. The minimum absolute atomic E-state index is 0.714. The first kappa shape index (κ1) is 8.77. The van der Waals surface area contributed by atoms with Crippen LogP contribution in [0.15, 0.2) is 0 Å². The van der Waals surface area contributed by atoms with Crippen LogP contribution in [0.3, 0.4) is 0 Å². The zero-order valence-corrected chi connectivity index (χ0v) is 8.73. The molecule has 1 aromatic rings. The summed E-state index contributed by atoms with van der Waals surface area (Å²) in [5, 5.41) is 0. The van der Waals surface area contributed by atoms with Crippen LogP contribution in [0.1, 0.15) is 28.5 Å². The van der Waals surface area contributed by atoms with Crippen molar-refractivity contribution in [2.24, 2.45) is 0 Å². The van der Waals surface area contributed by atoms with Crippen molar-refractivity contribution in [3.8, 4) is 0 Å². The molecule has 3 heteroatoms. The van der Waals surface area contributed by atoms with E-state index in [0.29, 0.717) is 5.69 Å². The third kappa shape index (κ3) is 1.47. The average Bonchev–Trinajstić information content (AvgIpc) is 2.26. The first-order valence-corrected chi connectivity index (χ1v) is 4.60. The van der Waals surface area contributed by atoms with E-state index in [1.54, 1.807) is 0 Å². The van der Waals surface area contributed by atoms with Crippen LogP contribution in [-0.2, 0) is 6.42 Å². The predicted octanol–water partition coefficient (Wildman–Crippen LogP) is 2.30. The Morgan fingerprint density at radius 2 is 2.27 bits per heavy atom. The number of carbonyl (C=O) groups is 1. The Morgan fingerprint density at radius 3 is 2.55 bits per heavy atom. The van der Waals surface area contributed by atoms with E-state index in [4.69, 9.17) is 0 Å². The van der Waals surface area contributed by atoms with Crippen molar-refractivity contribution < 1.29 is 4.79 Å². The third-order valence-corrected chi connectivity index (χ3v) is 2.76. The van der Waals surface area contributed by atoms with Gasteiger partial charge in [0.1, 0.15) is 0 Å². The fourth-order valence-electron chi connectivity index (χ4n) is 1.15. The van der Waals surface area contributed by atoms with Gasteiger partial charge in [-0.25, -0.2) is 0 Å². The Hall–Kier alpha value is -0.320. The predicted molar refractivity (Wildman–Crippen MR) is 53.0 cm³/mol. The molecule has 0 saturated heterocycles. The molecule has 0 saturated carbocycles. The van der Waals surface area contributed by atoms with Crippen LogP contribution in [0.4, 0.5) is 0 Å². The molecule has 1 aromatic heterocycles. The summed E-state index contributed by atoms with van der Waals surface area (Å²) in [7, 11) is 0. The van der Waals surface area contributed by atoms with Crippen molar-refractivity contribution in [2.45, 2.75) is 20.3 Å². The largest absolute Gasteiger partial charge is 0.347 e. The molecular formula is C8H10INO. The van der Waals surface area contributed by atoms with E-state index >= 15 is 0 Å². The van der Waals surface area contributed by atoms with E-state index in [1.807, 2.05) is 6.92 Å². The second-order valence-corrected chi connectivity index (χ2v) is 3.51. The van der Waals surface area contributed by atoms with E-state index in [0.717, 1.165) is 22.0 Å². The molecule has 0 fully saturated rings. The van der Waals surface area contributed by atoms with Crippen LogP contribution in [-0.4, -0.2) is 11.3 Å². The summed E-state index contributed by atoms with van der Waals surface area (Å²) in [5.74, 6) is 0. The Kier molecular flexibility index (Phi) is 2.70. The summed E-state index contributed by atoms with van der Waals surface area (Å²) in [6.45, 7) is 4.06. The SMILES string of the molecule is CCc1c(I)[nH]c(C=O)c1C. The quantitative estimate of drug-likeness (QED) is 0.644. The van der Waals surface area contributed by atoms with Crippen molar-refractivity contribution in [3.63, 3.8) is 0 Å². The van der Waals surface area contributed by atoms with Gasteiger partial charge in [-0.2, -0.15) is 0 Å². The molecule has 0 spiro atoms. The van der Waals surface area contributed by atoms with Gasteiger partial charge in [0, 0.05) is 0 Å². The van der Waals surface area contributed by atoms with Gasteiger partial charge in [0.2, 0.25) is 0 Å². The molecule has 0 unspecified atom stereocenters. The monoisotopic (exact) mass is 263 g/mol. The third-order valence-electron chi connectivity index (χ3n) is 1.84. The van der Waals surface area contributed by atoms with Crippen molar-refractivity contribution >= 4 is 28.9 Å². The highest BCUT2D eigenvalue weighted by Gasteiger charge is 2.08. The van der Waals surface area contributed by atoms with E-state index < -0.39 is 0 Å². The number of carbonyl (C=O) groups excluding carboxylic acids is 1. The maximum atomic E-state index is 10.5. The van der Waals surface area contributed by atoms with Crippen LogP contribution in [0.2, 0.25) is 0 Å². The summed E-state index contributed by atoms with van der Waals surface area (Å²) in [6.07, 6.45) is 1.85. The van der Waals surface area contributed by atoms with Crippen LogP contribution in [0, 0.1) is 10.6 Å². The molecule has 0 amide bonds. The first-order valence-electron chi connectivity index (χ1n) is 3.52. The number of aromatic amines is 1. The van der Waals surface area contributed by atoms with Crippen LogP contribution in [0.5, 0.6) is 0 Å². The van der Waals surface area contributed by atoms with Gasteiger partial charge in [0.15, 0.2) is 6.29 Å². The number of aldehydes is 1. The number of rotatable bonds is 2. The first-order chi connectivity index (χ1) is 5.20. The molecule has 0 aliphatic rings. The summed E-state index contributed by atoms with van der Waals surface area (Å²) in [4.78, 5) is 13.5. The zero-order chi connectivity index (χ0) is 8.43. The summed E-state index contributed by atoms with van der Waals surface area (Å²) < 4.78 is 1.09. The second-order valence-electron chi connectivity index (χ2n) is 2.43. The Bertz CT molecular complexity index is 278. The number of halogens is 1. The van der Waals surface area contributed by atoms with Gasteiger partial charge >= 0.3 is 0 Å². The molecule has 0 aromatic carbocycles. The Balaban J connectivity index is 3.24. The maximum absolute atomic E-state index is 10.5. The van der Waals surface area contributed by atoms with Gasteiger partial charge in [-0.3, -0.25) is 4.79 Å². The van der Waals surface area contributed by atoms with Crippen molar-refractivity contribution in [1.82, 2.24) is 4.98 Å². The molecule has 11 heavy (non-hydrogen) atoms. The van der Waals surface area contributed by atoms with E-state index in [1.165, 1.54) is 5.56 Å². The highest BCUT2D eigenvalue weighted by molar-refractivity contribution is 14.1. The molecule has 0 aliphatic carbocycles. The molecule has 1 N–H and O–H groups in total.